The molecule has 0 atom stereocenters. The third kappa shape index (κ3) is 6.65. The number of hydrogen-bond donors (Lipinski definition) is 2. The molecular weight excluding hydrogens is 477 g/mol. The second kappa shape index (κ2) is 10.7. The first-order chi connectivity index (χ1) is 17.3. The van der Waals surface area contributed by atoms with E-state index in [1.807, 2.05) is 18.2 Å². The lowest BCUT2D eigenvalue weighted by molar-refractivity contribution is -0.137. The van der Waals surface area contributed by atoms with Crippen LogP contribution in [0.3, 0.4) is 0 Å². The average Bonchev–Trinajstić information content (AvgIpc) is 3.30. The van der Waals surface area contributed by atoms with Gasteiger partial charge in [-0.3, -0.25) is 9.59 Å². The summed E-state index contributed by atoms with van der Waals surface area (Å²) in [5, 5.41) is 16.8. The van der Waals surface area contributed by atoms with Crippen LogP contribution in [0, 0.1) is 0 Å². The van der Waals surface area contributed by atoms with Gasteiger partial charge in [-0.2, -0.15) is 18.0 Å². The fourth-order valence-electron chi connectivity index (χ4n) is 3.11. The van der Waals surface area contributed by atoms with Gasteiger partial charge in [-0.05, 0) is 53.7 Å². The van der Waals surface area contributed by atoms with Gasteiger partial charge in [-0.1, -0.05) is 30.3 Å². The van der Waals surface area contributed by atoms with Crippen molar-refractivity contribution in [2.45, 2.75) is 19.3 Å². The maximum absolute atomic E-state index is 12.9. The third-order valence-electron chi connectivity index (χ3n) is 4.75. The quantitative estimate of drug-likeness (QED) is 0.379. The van der Waals surface area contributed by atoms with Gasteiger partial charge in [-0.15, -0.1) is 10.2 Å². The molecule has 0 radical (unpaired) electrons. The summed E-state index contributed by atoms with van der Waals surface area (Å²) in [5.74, 6) is -0.173. The molecular formula is C24H19F3N6O3. The Kier molecular flexibility index (Phi) is 7.23. The van der Waals surface area contributed by atoms with E-state index in [9.17, 15) is 22.8 Å². The van der Waals surface area contributed by atoms with Gasteiger partial charge >= 0.3 is 6.18 Å². The van der Waals surface area contributed by atoms with E-state index in [1.165, 1.54) is 30.3 Å². The normalized spacial score (nSPS) is 11.1. The van der Waals surface area contributed by atoms with Crippen LogP contribution in [0.4, 0.5) is 24.5 Å². The zero-order valence-corrected chi connectivity index (χ0v) is 18.6. The summed E-state index contributed by atoms with van der Waals surface area (Å²) in [6, 6.07) is 19.3. The summed E-state index contributed by atoms with van der Waals surface area (Å²) in [6.07, 6.45) is -4.53. The second-order valence-electron chi connectivity index (χ2n) is 7.50. The van der Waals surface area contributed by atoms with Crippen molar-refractivity contribution in [3.8, 4) is 5.75 Å². The van der Waals surface area contributed by atoms with Crippen LogP contribution >= 0.6 is 0 Å². The van der Waals surface area contributed by atoms with Crippen LogP contribution in [0.1, 0.15) is 21.7 Å². The van der Waals surface area contributed by atoms with Gasteiger partial charge in [-0.25, -0.2) is 0 Å². The molecule has 0 aliphatic heterocycles. The van der Waals surface area contributed by atoms with E-state index in [-0.39, 0.29) is 24.4 Å². The summed E-state index contributed by atoms with van der Waals surface area (Å²) in [5.41, 5.74) is -0.430. The molecule has 1 aromatic heterocycles. The zero-order chi connectivity index (χ0) is 25.5. The summed E-state index contributed by atoms with van der Waals surface area (Å²) in [7, 11) is 0. The highest BCUT2D eigenvalue weighted by Gasteiger charge is 2.30. The van der Waals surface area contributed by atoms with Crippen LogP contribution in [-0.2, 0) is 24.1 Å². The first-order valence-electron chi connectivity index (χ1n) is 10.6. The van der Waals surface area contributed by atoms with Gasteiger partial charge in [0.15, 0.2) is 6.61 Å². The number of halogens is 3. The summed E-state index contributed by atoms with van der Waals surface area (Å²) >= 11 is 0. The standard InChI is InChI=1S/C24H19F3N6O3/c25-24(26,27)17-7-5-9-19(13-17)29-23(35)16-6-4-8-18(12-16)28-22(34)14-33-31-21(30-32-33)15-36-20-10-2-1-3-11-20/h1-13H,14-15H2,(H,28,34)(H,29,35). The molecule has 0 saturated heterocycles. The molecule has 1 heterocycles. The van der Waals surface area contributed by atoms with E-state index in [1.54, 1.807) is 18.2 Å². The van der Waals surface area contributed by atoms with Gasteiger partial charge in [0, 0.05) is 16.9 Å². The summed E-state index contributed by atoms with van der Waals surface area (Å²) < 4.78 is 44.2. The fraction of sp³-hybridized carbons (Fsp3) is 0.125. The second-order valence-corrected chi connectivity index (χ2v) is 7.50. The molecule has 4 rings (SSSR count). The van der Waals surface area contributed by atoms with Crippen molar-refractivity contribution in [2.24, 2.45) is 0 Å². The predicted molar refractivity (Wildman–Crippen MR) is 123 cm³/mol. The maximum atomic E-state index is 12.9. The smallest absolute Gasteiger partial charge is 0.416 e. The van der Waals surface area contributed by atoms with Gasteiger partial charge in [0.2, 0.25) is 11.7 Å². The van der Waals surface area contributed by atoms with Gasteiger partial charge in [0.05, 0.1) is 5.56 Å². The molecule has 0 unspecified atom stereocenters. The van der Waals surface area contributed by atoms with Crippen LogP contribution in [-0.4, -0.2) is 32.0 Å². The molecule has 0 aliphatic carbocycles. The number of carbonyl (C=O) groups is 2. The van der Waals surface area contributed by atoms with E-state index >= 15 is 0 Å². The van der Waals surface area contributed by atoms with Crippen molar-refractivity contribution in [3.05, 3.63) is 95.8 Å². The minimum atomic E-state index is -4.53. The monoisotopic (exact) mass is 496 g/mol. The lowest BCUT2D eigenvalue weighted by Crippen LogP contribution is -2.21. The number of benzene rings is 3. The molecule has 0 aliphatic rings. The Hall–Kier alpha value is -4.74. The molecule has 184 valence electrons. The van der Waals surface area contributed by atoms with Crippen molar-refractivity contribution in [1.82, 2.24) is 20.2 Å². The molecule has 2 amide bonds. The Bertz CT molecular complexity index is 1360. The molecule has 0 fully saturated rings. The predicted octanol–water partition coefficient (Wildman–Crippen LogP) is 4.16. The topological polar surface area (TPSA) is 111 Å². The summed E-state index contributed by atoms with van der Waals surface area (Å²) in [6.45, 7) is -0.159. The number of hydrogen-bond acceptors (Lipinski definition) is 6. The van der Waals surface area contributed by atoms with Crippen LogP contribution in [0.15, 0.2) is 78.9 Å². The lowest BCUT2D eigenvalue weighted by atomic mass is 10.1. The molecule has 3 aromatic carbocycles. The third-order valence-corrected chi connectivity index (χ3v) is 4.75. The van der Waals surface area contributed by atoms with Gasteiger partial charge in [0.1, 0.15) is 12.3 Å². The number of carbonyl (C=O) groups excluding carboxylic acids is 2. The Labute approximate surface area is 202 Å². The molecule has 9 nitrogen and oxygen atoms in total. The molecule has 12 heteroatoms. The minimum Gasteiger partial charge on any atom is -0.485 e. The van der Waals surface area contributed by atoms with E-state index < -0.39 is 23.6 Å². The number of tetrazole rings is 1. The highest BCUT2D eigenvalue weighted by Crippen LogP contribution is 2.30. The van der Waals surface area contributed by atoms with Crippen LogP contribution in [0.25, 0.3) is 0 Å². The Morgan fingerprint density at radius 1 is 0.889 bits per heavy atom. The van der Waals surface area contributed by atoms with Crippen molar-refractivity contribution in [2.75, 3.05) is 10.6 Å². The molecule has 0 saturated carbocycles. The average molecular weight is 496 g/mol. The number of nitrogens with one attached hydrogen (secondary N) is 2. The van der Waals surface area contributed by atoms with E-state index in [0.717, 1.165) is 16.9 Å². The van der Waals surface area contributed by atoms with Crippen LogP contribution in [0.2, 0.25) is 0 Å². The number of nitrogens with zero attached hydrogens (tertiary/aromatic N) is 4. The fourth-order valence-corrected chi connectivity index (χ4v) is 3.11. The first kappa shape index (κ1) is 24.4. The van der Waals surface area contributed by atoms with Gasteiger partial charge in [0.25, 0.3) is 5.91 Å². The van der Waals surface area contributed by atoms with Gasteiger partial charge < -0.3 is 15.4 Å². The van der Waals surface area contributed by atoms with Crippen LogP contribution in [0.5, 0.6) is 5.75 Å². The first-order valence-corrected chi connectivity index (χ1v) is 10.6. The maximum Gasteiger partial charge on any atom is 0.416 e. The molecule has 0 spiro atoms. The number of rotatable bonds is 8. The molecule has 4 aromatic rings. The zero-order valence-electron chi connectivity index (χ0n) is 18.6. The Morgan fingerprint density at radius 2 is 1.61 bits per heavy atom. The Balaban J connectivity index is 1.33. The minimum absolute atomic E-state index is 0.00596. The highest BCUT2D eigenvalue weighted by molar-refractivity contribution is 6.05. The number of aromatic nitrogens is 4. The SMILES string of the molecule is O=C(Cn1nnc(COc2ccccc2)n1)Nc1cccc(C(=O)Nc2cccc(C(F)(F)F)c2)c1. The van der Waals surface area contributed by atoms with E-state index in [4.69, 9.17) is 4.74 Å². The number of alkyl halides is 3. The number of ether oxygens (including phenoxy) is 1. The Morgan fingerprint density at radius 3 is 2.36 bits per heavy atom. The largest absolute Gasteiger partial charge is 0.485 e. The molecule has 2 N–H and O–H groups in total. The number of para-hydroxylation sites is 1. The van der Waals surface area contributed by atoms with Crippen molar-refractivity contribution < 1.29 is 27.5 Å². The van der Waals surface area contributed by atoms with E-state index in [0.29, 0.717) is 17.3 Å². The number of anilines is 2. The lowest BCUT2D eigenvalue weighted by Gasteiger charge is -2.11. The van der Waals surface area contributed by atoms with Crippen molar-refractivity contribution in [3.63, 3.8) is 0 Å². The highest BCUT2D eigenvalue weighted by atomic mass is 19.4. The van der Waals surface area contributed by atoms with Crippen LogP contribution < -0.4 is 15.4 Å². The van der Waals surface area contributed by atoms with Crippen molar-refractivity contribution >= 4 is 23.2 Å². The number of amides is 2. The molecule has 36 heavy (non-hydrogen) atoms. The molecule has 0 bridgehead atoms. The summed E-state index contributed by atoms with van der Waals surface area (Å²) in [4.78, 5) is 26.0. The van der Waals surface area contributed by atoms with Crippen molar-refractivity contribution in [1.29, 1.82) is 0 Å². The van der Waals surface area contributed by atoms with E-state index in [2.05, 4.69) is 26.0 Å².